The number of nitrogens with zero attached hydrogens (tertiary/aromatic N) is 1. The number of ether oxygens (including phenoxy) is 1. The van der Waals surface area contributed by atoms with E-state index >= 15 is 0 Å². The summed E-state index contributed by atoms with van der Waals surface area (Å²) in [4.78, 5) is 27.3. The van der Waals surface area contributed by atoms with E-state index in [2.05, 4.69) is 27.7 Å². The van der Waals surface area contributed by atoms with Crippen molar-refractivity contribution in [1.82, 2.24) is 10.6 Å². The molecule has 1 aromatic heterocycles. The zero-order valence-corrected chi connectivity index (χ0v) is 15.7. The lowest BCUT2D eigenvalue weighted by Crippen LogP contribution is -2.49. The maximum atomic E-state index is 12.8. The van der Waals surface area contributed by atoms with Gasteiger partial charge in [0.15, 0.2) is 0 Å². The Morgan fingerprint density at radius 3 is 2.93 bits per heavy atom. The van der Waals surface area contributed by atoms with Crippen LogP contribution in [-0.4, -0.2) is 31.7 Å². The molecule has 3 heterocycles. The Balaban J connectivity index is 1.73. The fraction of sp³-hybridized carbons (Fsp3) is 0.333. The molecule has 0 fully saturated rings. The largest absolute Gasteiger partial charge is 0.467 e. The molecular formula is C21H23N3O4. The Hall–Kier alpha value is -3.22. The number of furan rings is 1. The molecule has 1 aromatic carbocycles. The van der Waals surface area contributed by atoms with Crippen molar-refractivity contribution in [2.45, 2.75) is 25.8 Å². The van der Waals surface area contributed by atoms with E-state index in [4.69, 9.17) is 9.15 Å². The van der Waals surface area contributed by atoms with Gasteiger partial charge in [0.25, 0.3) is 0 Å². The van der Waals surface area contributed by atoms with Crippen LogP contribution < -0.4 is 15.5 Å². The van der Waals surface area contributed by atoms with Crippen LogP contribution in [0.3, 0.4) is 0 Å². The van der Waals surface area contributed by atoms with Gasteiger partial charge < -0.3 is 24.7 Å². The lowest BCUT2D eigenvalue weighted by Gasteiger charge is -2.35. The number of para-hydroxylation sites is 1. The van der Waals surface area contributed by atoms with Crippen LogP contribution in [0.1, 0.15) is 30.7 Å². The normalized spacial score (nSPS) is 19.0. The molecule has 2 N–H and O–H groups in total. The number of esters is 1. The maximum absolute atomic E-state index is 12.8. The molecule has 146 valence electrons. The number of carbonyl (C=O) groups is 2. The number of urea groups is 1. The fourth-order valence-electron chi connectivity index (χ4n) is 3.83. The number of rotatable bonds is 5. The predicted molar refractivity (Wildman–Crippen MR) is 104 cm³/mol. The molecule has 0 bridgehead atoms. The minimum absolute atomic E-state index is 0.251. The van der Waals surface area contributed by atoms with Gasteiger partial charge in [-0.2, -0.15) is 0 Å². The zero-order chi connectivity index (χ0) is 19.5. The number of nitrogens with one attached hydrogen (secondary N) is 2. The molecule has 4 rings (SSSR count). The third kappa shape index (κ3) is 3.47. The van der Waals surface area contributed by atoms with Crippen LogP contribution in [-0.2, 0) is 16.0 Å². The average Bonchev–Trinajstić information content (AvgIpc) is 3.23. The van der Waals surface area contributed by atoms with Gasteiger partial charge in [-0.1, -0.05) is 18.2 Å². The third-order valence-corrected chi connectivity index (χ3v) is 5.03. The van der Waals surface area contributed by atoms with Crippen LogP contribution in [0.5, 0.6) is 0 Å². The van der Waals surface area contributed by atoms with Crippen molar-refractivity contribution in [3.63, 3.8) is 0 Å². The van der Waals surface area contributed by atoms with E-state index in [1.807, 2.05) is 12.1 Å². The molecule has 28 heavy (non-hydrogen) atoms. The number of hydrogen-bond donors (Lipinski definition) is 2. The molecule has 7 heteroatoms. The smallest absolute Gasteiger partial charge is 0.338 e. The van der Waals surface area contributed by atoms with Gasteiger partial charge >= 0.3 is 12.0 Å². The summed E-state index contributed by atoms with van der Waals surface area (Å²) in [5.41, 5.74) is 3.32. The summed E-state index contributed by atoms with van der Waals surface area (Å²) in [5.74, 6) is 0.0335. The highest BCUT2D eigenvalue weighted by Gasteiger charge is 2.36. The first-order valence-electron chi connectivity index (χ1n) is 9.51. The Morgan fingerprint density at radius 2 is 2.14 bits per heavy atom. The van der Waals surface area contributed by atoms with Crippen molar-refractivity contribution < 1.29 is 18.7 Å². The first-order chi connectivity index (χ1) is 13.7. The Bertz CT molecular complexity index is 904. The van der Waals surface area contributed by atoms with Gasteiger partial charge in [0, 0.05) is 12.2 Å². The highest BCUT2D eigenvalue weighted by molar-refractivity contribution is 5.95. The topological polar surface area (TPSA) is 83.8 Å². The molecule has 1 atom stereocenters. The second-order valence-corrected chi connectivity index (χ2v) is 6.81. The monoisotopic (exact) mass is 381 g/mol. The first-order valence-corrected chi connectivity index (χ1v) is 9.51. The maximum Gasteiger partial charge on any atom is 0.338 e. The summed E-state index contributed by atoms with van der Waals surface area (Å²) in [7, 11) is 0. The summed E-state index contributed by atoms with van der Waals surface area (Å²) in [6, 6.07) is 10.7. The SMILES string of the molecule is CCOC(=O)C1=C(CN2CCCc3ccccc32)NC(=O)NC1c1ccco1. The van der Waals surface area contributed by atoms with Crippen LogP contribution in [0.25, 0.3) is 0 Å². The minimum Gasteiger partial charge on any atom is -0.467 e. The number of hydrogen-bond acceptors (Lipinski definition) is 5. The molecule has 0 spiro atoms. The summed E-state index contributed by atoms with van der Waals surface area (Å²) in [6.45, 7) is 3.28. The van der Waals surface area contributed by atoms with Gasteiger partial charge in [-0.3, -0.25) is 0 Å². The van der Waals surface area contributed by atoms with Crippen LogP contribution in [0.2, 0.25) is 0 Å². The van der Waals surface area contributed by atoms with Crippen molar-refractivity contribution in [3.8, 4) is 0 Å². The highest BCUT2D eigenvalue weighted by Crippen LogP contribution is 2.31. The number of aryl methyl sites for hydroxylation is 1. The molecule has 0 aliphatic carbocycles. The molecule has 0 saturated carbocycles. The number of fused-ring (bicyclic) bond motifs is 1. The molecule has 2 aliphatic rings. The Morgan fingerprint density at radius 1 is 1.29 bits per heavy atom. The van der Waals surface area contributed by atoms with Gasteiger partial charge in [0.2, 0.25) is 0 Å². The van der Waals surface area contributed by atoms with E-state index in [9.17, 15) is 9.59 Å². The van der Waals surface area contributed by atoms with Crippen LogP contribution in [0.15, 0.2) is 58.3 Å². The standard InChI is InChI=1S/C21H23N3O4/c1-2-27-20(25)18-15(22-21(26)23-19(18)17-10-6-12-28-17)13-24-11-5-8-14-7-3-4-9-16(14)24/h3-4,6-7,9-10,12,19H,2,5,8,11,13H2,1H3,(H2,22,23,26). The van der Waals surface area contributed by atoms with Crippen LogP contribution >= 0.6 is 0 Å². The molecule has 1 unspecified atom stereocenters. The summed E-state index contributed by atoms with van der Waals surface area (Å²) in [5, 5.41) is 5.59. The van der Waals surface area contributed by atoms with E-state index in [1.54, 1.807) is 19.1 Å². The first kappa shape index (κ1) is 18.2. The second kappa shape index (κ2) is 7.80. The molecule has 2 aliphatic heterocycles. The van der Waals surface area contributed by atoms with Crippen LogP contribution in [0.4, 0.5) is 10.5 Å². The summed E-state index contributed by atoms with van der Waals surface area (Å²) in [6.07, 6.45) is 3.57. The molecular weight excluding hydrogens is 358 g/mol. The lowest BCUT2D eigenvalue weighted by atomic mass is 9.98. The van der Waals surface area contributed by atoms with E-state index in [0.717, 1.165) is 25.1 Å². The fourth-order valence-corrected chi connectivity index (χ4v) is 3.83. The van der Waals surface area contributed by atoms with Gasteiger partial charge in [-0.25, -0.2) is 9.59 Å². The van der Waals surface area contributed by atoms with E-state index in [-0.39, 0.29) is 12.6 Å². The van der Waals surface area contributed by atoms with E-state index in [0.29, 0.717) is 23.6 Å². The van der Waals surface area contributed by atoms with Crippen molar-refractivity contribution in [3.05, 3.63) is 65.3 Å². The number of anilines is 1. The number of benzene rings is 1. The highest BCUT2D eigenvalue weighted by atomic mass is 16.5. The van der Waals surface area contributed by atoms with Crippen molar-refractivity contribution in [2.75, 3.05) is 24.6 Å². The van der Waals surface area contributed by atoms with Crippen molar-refractivity contribution in [2.24, 2.45) is 0 Å². The van der Waals surface area contributed by atoms with Gasteiger partial charge in [-0.15, -0.1) is 0 Å². The predicted octanol–water partition coefficient (Wildman–Crippen LogP) is 2.90. The number of amides is 2. The Labute approximate surface area is 163 Å². The van der Waals surface area contributed by atoms with Crippen molar-refractivity contribution in [1.29, 1.82) is 0 Å². The number of carbonyl (C=O) groups excluding carboxylic acids is 2. The van der Waals surface area contributed by atoms with Gasteiger partial charge in [0.05, 0.1) is 30.7 Å². The summed E-state index contributed by atoms with van der Waals surface area (Å²) >= 11 is 0. The third-order valence-electron chi connectivity index (χ3n) is 5.03. The Kier molecular flexibility index (Phi) is 5.06. The van der Waals surface area contributed by atoms with Gasteiger partial charge in [0.1, 0.15) is 11.8 Å². The lowest BCUT2D eigenvalue weighted by molar-refractivity contribution is -0.139. The molecule has 0 radical (unpaired) electrons. The minimum atomic E-state index is -0.683. The van der Waals surface area contributed by atoms with Crippen LogP contribution in [0, 0.1) is 0 Å². The van der Waals surface area contributed by atoms with Gasteiger partial charge in [-0.05, 0) is 43.5 Å². The average molecular weight is 381 g/mol. The molecule has 0 saturated heterocycles. The van der Waals surface area contributed by atoms with E-state index < -0.39 is 12.0 Å². The van der Waals surface area contributed by atoms with Crippen molar-refractivity contribution >= 4 is 17.7 Å². The summed E-state index contributed by atoms with van der Waals surface area (Å²) < 4.78 is 10.8. The quantitative estimate of drug-likeness (QED) is 0.778. The molecule has 2 amide bonds. The molecule has 7 nitrogen and oxygen atoms in total. The second-order valence-electron chi connectivity index (χ2n) is 6.81. The zero-order valence-electron chi connectivity index (χ0n) is 15.7. The van der Waals surface area contributed by atoms with E-state index in [1.165, 1.54) is 11.8 Å². The molecule has 2 aromatic rings.